The number of benzene rings is 2. The Labute approximate surface area is 335 Å². The number of hydrogen-bond donors (Lipinski definition) is 1. The number of H-pyrrole nitrogens is 1. The van der Waals surface area contributed by atoms with Crippen LogP contribution in [0.4, 0.5) is 0 Å². The summed E-state index contributed by atoms with van der Waals surface area (Å²) in [6, 6.07) is 16.4. The molecule has 1 unspecified atom stereocenters. The molecule has 2 aromatic heterocycles. The Morgan fingerprint density at radius 3 is 2.16 bits per heavy atom. The molecule has 0 spiro atoms. The summed E-state index contributed by atoms with van der Waals surface area (Å²) in [4.78, 5) is 31.8. The first-order valence-electron chi connectivity index (χ1n) is 21.1. The van der Waals surface area contributed by atoms with Crippen molar-refractivity contribution in [3.8, 4) is 22.5 Å². The van der Waals surface area contributed by atoms with Gasteiger partial charge in [0.05, 0.1) is 22.7 Å². The third-order valence-electron chi connectivity index (χ3n) is 10.2. The quantitative estimate of drug-likeness (QED) is 0.0401. The number of ether oxygens (including phenoxy) is 2. The molecule has 10 heteroatoms. The van der Waals surface area contributed by atoms with Crippen molar-refractivity contribution in [2.24, 2.45) is 11.3 Å². The largest absolute Gasteiger partial charge is 0.459 e. The Bertz CT molecular complexity index is 1770. The molecule has 304 valence electrons. The van der Waals surface area contributed by atoms with Gasteiger partial charge in [0, 0.05) is 18.4 Å². The zero-order chi connectivity index (χ0) is 40.2. The number of allylic oxidation sites excluding steroid dienone is 2. The molecule has 10 nitrogen and oxygen atoms in total. The van der Waals surface area contributed by atoms with Gasteiger partial charge in [-0.3, -0.25) is 14.2 Å². The number of carbonyl (C=O) groups excluding carboxylic acids is 2. The minimum absolute atomic E-state index is 0.0153. The van der Waals surface area contributed by atoms with Crippen LogP contribution in [0.5, 0.6) is 0 Å². The van der Waals surface area contributed by atoms with Gasteiger partial charge in [0.15, 0.2) is 6.73 Å². The number of tetrazole rings is 1. The normalized spacial score (nSPS) is 12.3. The molecule has 2 aromatic carbocycles. The fourth-order valence-electron chi connectivity index (χ4n) is 6.85. The summed E-state index contributed by atoms with van der Waals surface area (Å²) in [7, 11) is 0. The SMILES string of the molecule is CCCCCCCCC=CCCCC(CCCC)C(=O)OCc1c(Cc2ccc(-c3ccccc3-c3nn[nH]n3)cc2)nc(CCC)n1COC(=O)C(C)(C)C. The van der Waals surface area contributed by atoms with Gasteiger partial charge in [-0.15, -0.1) is 10.2 Å². The van der Waals surface area contributed by atoms with Crippen LogP contribution in [0.1, 0.15) is 154 Å². The van der Waals surface area contributed by atoms with Crippen molar-refractivity contribution in [1.29, 1.82) is 0 Å². The Morgan fingerprint density at radius 1 is 0.804 bits per heavy atom. The van der Waals surface area contributed by atoms with E-state index in [4.69, 9.17) is 14.5 Å². The average molecular weight is 767 g/mol. The number of aryl methyl sites for hydroxylation is 1. The number of nitrogens with zero attached hydrogens (tertiary/aromatic N) is 5. The second-order valence-electron chi connectivity index (χ2n) is 16.0. The standard InChI is InChI=1S/C46H66N6O4/c1-7-10-12-13-14-15-16-17-18-19-20-25-37(24-11-8-2)44(53)55-33-41-40(47-42(23-9-3)52(41)34-56-45(54)46(4,5)6)32-35-28-30-36(31-29-35)38-26-21-22-27-39(38)43-48-50-51-49-43/h17-18,21-22,26-31,37H,7-16,19-20,23-25,32-34H2,1-6H3,(H,48,49,50,51). The van der Waals surface area contributed by atoms with Crippen molar-refractivity contribution in [1.82, 2.24) is 30.2 Å². The Morgan fingerprint density at radius 2 is 1.48 bits per heavy atom. The molecule has 2 heterocycles. The molecule has 0 aliphatic carbocycles. The molecular weight excluding hydrogens is 701 g/mol. The number of aromatic amines is 1. The molecule has 1 atom stereocenters. The third kappa shape index (κ3) is 13.9. The zero-order valence-electron chi connectivity index (χ0n) is 34.9. The molecule has 4 aromatic rings. The topological polar surface area (TPSA) is 125 Å². The van der Waals surface area contributed by atoms with Crippen LogP contribution in [0.3, 0.4) is 0 Å². The van der Waals surface area contributed by atoms with Crippen molar-refractivity contribution in [2.45, 2.75) is 158 Å². The number of aromatic nitrogens is 6. The van der Waals surface area contributed by atoms with E-state index in [9.17, 15) is 9.59 Å². The van der Waals surface area contributed by atoms with Gasteiger partial charge in [0.2, 0.25) is 5.82 Å². The smallest absolute Gasteiger partial charge is 0.312 e. The molecule has 0 saturated carbocycles. The highest BCUT2D eigenvalue weighted by atomic mass is 16.5. The van der Waals surface area contributed by atoms with E-state index in [2.05, 4.69) is 77.8 Å². The molecule has 0 bridgehead atoms. The van der Waals surface area contributed by atoms with Gasteiger partial charge in [0.25, 0.3) is 0 Å². The van der Waals surface area contributed by atoms with Crippen LogP contribution >= 0.6 is 0 Å². The second kappa shape index (κ2) is 23.5. The van der Waals surface area contributed by atoms with Gasteiger partial charge in [-0.1, -0.05) is 126 Å². The minimum atomic E-state index is -0.652. The molecule has 56 heavy (non-hydrogen) atoms. The second-order valence-corrected chi connectivity index (χ2v) is 16.0. The van der Waals surface area contributed by atoms with Crippen LogP contribution in [0.25, 0.3) is 22.5 Å². The van der Waals surface area contributed by atoms with Crippen molar-refractivity contribution in [3.63, 3.8) is 0 Å². The van der Waals surface area contributed by atoms with Crippen molar-refractivity contribution in [2.75, 3.05) is 0 Å². The van der Waals surface area contributed by atoms with Gasteiger partial charge < -0.3 is 9.47 Å². The molecule has 0 amide bonds. The number of nitrogens with one attached hydrogen (secondary N) is 1. The summed E-state index contributed by atoms with van der Waals surface area (Å²) in [5.41, 5.74) is 4.91. The lowest BCUT2D eigenvalue weighted by Gasteiger charge is -2.20. The summed E-state index contributed by atoms with van der Waals surface area (Å²) < 4.78 is 14.0. The molecule has 0 aliphatic heterocycles. The van der Waals surface area contributed by atoms with Gasteiger partial charge in [-0.2, -0.15) is 5.21 Å². The van der Waals surface area contributed by atoms with E-state index in [1.165, 1.54) is 38.5 Å². The summed E-state index contributed by atoms with van der Waals surface area (Å²) in [5, 5.41) is 14.7. The highest BCUT2D eigenvalue weighted by Crippen LogP contribution is 2.31. The van der Waals surface area contributed by atoms with Crippen LogP contribution in [0.15, 0.2) is 60.7 Å². The maximum absolute atomic E-state index is 13.8. The van der Waals surface area contributed by atoms with Crippen molar-refractivity contribution in [3.05, 3.63) is 83.5 Å². The number of carbonyl (C=O) groups is 2. The number of unbranched alkanes of at least 4 members (excludes halogenated alkanes) is 8. The fourth-order valence-corrected chi connectivity index (χ4v) is 6.85. The summed E-state index contributed by atoms with van der Waals surface area (Å²) in [6.45, 7) is 12.1. The minimum Gasteiger partial charge on any atom is -0.459 e. The van der Waals surface area contributed by atoms with Crippen LogP contribution in [0.2, 0.25) is 0 Å². The zero-order valence-corrected chi connectivity index (χ0v) is 34.9. The van der Waals surface area contributed by atoms with Gasteiger partial charge in [-0.25, -0.2) is 4.98 Å². The third-order valence-corrected chi connectivity index (χ3v) is 10.2. The molecule has 1 N–H and O–H groups in total. The van der Waals surface area contributed by atoms with E-state index in [1.54, 1.807) is 0 Å². The fraction of sp³-hybridized carbons (Fsp3) is 0.565. The van der Waals surface area contributed by atoms with E-state index in [0.29, 0.717) is 18.7 Å². The molecule has 0 aliphatic rings. The lowest BCUT2D eigenvalue weighted by Crippen LogP contribution is -2.25. The van der Waals surface area contributed by atoms with Crippen molar-refractivity contribution < 1.29 is 19.1 Å². The predicted molar refractivity (Wildman–Crippen MR) is 223 cm³/mol. The Kier molecular flexibility index (Phi) is 18.5. The maximum Gasteiger partial charge on any atom is 0.312 e. The van der Waals surface area contributed by atoms with Crippen LogP contribution < -0.4 is 0 Å². The highest BCUT2D eigenvalue weighted by molar-refractivity contribution is 5.80. The summed E-state index contributed by atoms with van der Waals surface area (Å²) in [5.74, 6) is 0.740. The average Bonchev–Trinajstić information content (AvgIpc) is 3.84. The monoisotopic (exact) mass is 767 g/mol. The Balaban J connectivity index is 1.50. The molecular formula is C46H66N6O4. The number of rotatable bonds is 25. The van der Waals surface area contributed by atoms with Gasteiger partial charge in [-0.05, 0) is 87.6 Å². The van der Waals surface area contributed by atoms with Gasteiger partial charge >= 0.3 is 11.9 Å². The first-order valence-corrected chi connectivity index (χ1v) is 21.1. The van der Waals surface area contributed by atoms with E-state index in [-0.39, 0.29) is 31.2 Å². The van der Waals surface area contributed by atoms with E-state index in [0.717, 1.165) is 90.8 Å². The lowest BCUT2D eigenvalue weighted by molar-refractivity contribution is -0.157. The van der Waals surface area contributed by atoms with Crippen LogP contribution in [-0.2, 0) is 45.2 Å². The number of esters is 2. The molecule has 0 radical (unpaired) electrons. The number of imidazole rings is 1. The molecule has 4 rings (SSSR count). The van der Waals surface area contributed by atoms with Crippen LogP contribution in [-0.4, -0.2) is 42.1 Å². The first kappa shape index (κ1) is 44.1. The molecule has 0 fully saturated rings. The van der Waals surface area contributed by atoms with E-state index < -0.39 is 5.41 Å². The summed E-state index contributed by atoms with van der Waals surface area (Å²) in [6.07, 6.45) is 21.2. The summed E-state index contributed by atoms with van der Waals surface area (Å²) >= 11 is 0. The highest BCUT2D eigenvalue weighted by Gasteiger charge is 2.26. The van der Waals surface area contributed by atoms with E-state index >= 15 is 0 Å². The number of hydrogen-bond acceptors (Lipinski definition) is 8. The first-order chi connectivity index (χ1) is 27.2. The predicted octanol–water partition coefficient (Wildman–Crippen LogP) is 11.1. The maximum atomic E-state index is 13.8. The van der Waals surface area contributed by atoms with E-state index in [1.807, 2.05) is 49.6 Å². The molecule has 0 saturated heterocycles. The van der Waals surface area contributed by atoms with Gasteiger partial charge in [0.1, 0.15) is 12.4 Å². The lowest BCUT2D eigenvalue weighted by atomic mass is 9.96. The van der Waals surface area contributed by atoms with Crippen molar-refractivity contribution >= 4 is 11.9 Å². The Hall–Kier alpha value is -4.60. The van der Waals surface area contributed by atoms with Crippen LogP contribution in [0, 0.1) is 11.3 Å².